The van der Waals surface area contributed by atoms with Gasteiger partial charge in [0.15, 0.2) is 0 Å². The number of anilines is 1. The van der Waals surface area contributed by atoms with E-state index in [1.165, 1.54) is 24.7 Å². The number of amides is 1. The van der Waals surface area contributed by atoms with Gasteiger partial charge in [-0.3, -0.25) is 9.78 Å². The molecule has 0 atom stereocenters. The van der Waals surface area contributed by atoms with E-state index in [1.807, 2.05) is 0 Å². The second kappa shape index (κ2) is 5.03. The van der Waals surface area contributed by atoms with Crippen molar-refractivity contribution in [1.82, 2.24) is 19.9 Å². The average molecular weight is 270 g/mol. The lowest BCUT2D eigenvalue weighted by Gasteiger charge is -2.03. The Labute approximate surface area is 106 Å². The number of rotatable bonds is 2. The fraction of sp³-hybridized carbons (Fsp3) is 0. The normalized spacial score (nSPS) is 10.0. The number of nitrogens with zero attached hydrogens (tertiary/aromatic N) is 4. The van der Waals surface area contributed by atoms with Crippen LogP contribution in [0.3, 0.4) is 0 Å². The fourth-order valence-electron chi connectivity index (χ4n) is 1.04. The van der Waals surface area contributed by atoms with Crippen molar-refractivity contribution in [3.63, 3.8) is 0 Å². The molecule has 2 rings (SSSR count). The first-order chi connectivity index (χ1) is 8.15. The lowest BCUT2D eigenvalue weighted by Crippen LogP contribution is -2.15. The van der Waals surface area contributed by atoms with E-state index in [0.717, 1.165) is 0 Å². The number of aromatic nitrogens is 4. The lowest BCUT2D eigenvalue weighted by atomic mass is 10.4. The third-order valence-corrected chi connectivity index (χ3v) is 2.07. The Morgan fingerprint density at radius 3 is 2.76 bits per heavy atom. The minimum Gasteiger partial charge on any atom is -0.305 e. The summed E-state index contributed by atoms with van der Waals surface area (Å²) in [5.41, 5.74) is 0.0900. The highest BCUT2D eigenvalue weighted by atomic mass is 35.5. The van der Waals surface area contributed by atoms with E-state index in [9.17, 15) is 4.79 Å². The summed E-state index contributed by atoms with van der Waals surface area (Å²) in [5.74, 6) is -0.202. The molecule has 0 fully saturated rings. The van der Waals surface area contributed by atoms with Crippen molar-refractivity contribution in [2.45, 2.75) is 0 Å². The second-order valence-electron chi connectivity index (χ2n) is 2.89. The van der Waals surface area contributed by atoms with Gasteiger partial charge in [-0.2, -0.15) is 0 Å². The van der Waals surface area contributed by atoms with E-state index < -0.39 is 5.91 Å². The SMILES string of the molecule is O=C(Nc1ccnc(Cl)n1)c1cncc(Cl)n1. The minimum absolute atomic E-state index is 0.0416. The second-order valence-corrected chi connectivity index (χ2v) is 3.62. The maximum absolute atomic E-state index is 11.7. The molecule has 17 heavy (non-hydrogen) atoms. The van der Waals surface area contributed by atoms with E-state index in [2.05, 4.69) is 25.3 Å². The summed E-state index contributed by atoms with van der Waals surface area (Å²) in [6.07, 6.45) is 4.05. The lowest BCUT2D eigenvalue weighted by molar-refractivity contribution is 0.102. The van der Waals surface area contributed by atoms with E-state index in [1.54, 1.807) is 0 Å². The van der Waals surface area contributed by atoms with Crippen LogP contribution in [0.25, 0.3) is 0 Å². The van der Waals surface area contributed by atoms with Gasteiger partial charge in [0.05, 0.1) is 12.4 Å². The van der Waals surface area contributed by atoms with Gasteiger partial charge >= 0.3 is 0 Å². The van der Waals surface area contributed by atoms with Crippen molar-refractivity contribution in [3.05, 3.63) is 40.8 Å². The number of nitrogens with one attached hydrogen (secondary N) is 1. The van der Waals surface area contributed by atoms with Crippen molar-refractivity contribution in [2.24, 2.45) is 0 Å². The molecule has 0 aliphatic heterocycles. The Kier molecular flexibility index (Phi) is 3.46. The van der Waals surface area contributed by atoms with Crippen LogP contribution in [0.1, 0.15) is 10.5 Å². The van der Waals surface area contributed by atoms with E-state index >= 15 is 0 Å². The average Bonchev–Trinajstić information content (AvgIpc) is 2.29. The quantitative estimate of drug-likeness (QED) is 0.842. The zero-order valence-corrected chi connectivity index (χ0v) is 9.77. The standard InChI is InChI=1S/C9H5Cl2N5O/c10-6-4-12-3-5(14-6)8(17)15-7-1-2-13-9(11)16-7/h1-4H,(H,13,15,16,17). The molecule has 0 aromatic carbocycles. The molecule has 0 saturated carbocycles. The molecule has 0 spiro atoms. The molecule has 0 radical (unpaired) electrons. The van der Waals surface area contributed by atoms with Gasteiger partial charge in [0.1, 0.15) is 16.7 Å². The number of carbonyl (C=O) groups excluding carboxylic acids is 1. The smallest absolute Gasteiger partial charge is 0.277 e. The topological polar surface area (TPSA) is 80.7 Å². The molecule has 2 aromatic heterocycles. The van der Waals surface area contributed by atoms with Crippen LogP contribution in [-0.2, 0) is 0 Å². The first kappa shape index (κ1) is 11.7. The molecule has 0 aliphatic rings. The predicted molar refractivity (Wildman–Crippen MR) is 62.0 cm³/mol. The van der Waals surface area contributed by atoms with Crippen LogP contribution < -0.4 is 5.32 Å². The summed E-state index contributed by atoms with van der Waals surface area (Å²) < 4.78 is 0. The molecule has 86 valence electrons. The first-order valence-electron chi connectivity index (χ1n) is 4.42. The molecule has 6 nitrogen and oxygen atoms in total. The molecule has 0 bridgehead atoms. The maximum Gasteiger partial charge on any atom is 0.277 e. The molecule has 2 aromatic rings. The summed E-state index contributed by atoms with van der Waals surface area (Å²) >= 11 is 11.2. The van der Waals surface area contributed by atoms with Gasteiger partial charge < -0.3 is 5.32 Å². The van der Waals surface area contributed by atoms with E-state index in [4.69, 9.17) is 23.2 Å². The van der Waals surface area contributed by atoms with Crippen LogP contribution in [0.5, 0.6) is 0 Å². The summed E-state index contributed by atoms with van der Waals surface area (Å²) in [5, 5.41) is 2.67. The van der Waals surface area contributed by atoms with Crippen molar-refractivity contribution < 1.29 is 4.79 Å². The molecule has 1 amide bonds. The Bertz CT molecular complexity index is 563. The molecule has 0 aliphatic carbocycles. The summed E-state index contributed by atoms with van der Waals surface area (Å²) in [6.45, 7) is 0. The van der Waals surface area contributed by atoms with Gasteiger partial charge in [-0.05, 0) is 17.7 Å². The molecule has 2 heterocycles. The molecule has 0 unspecified atom stereocenters. The minimum atomic E-state index is -0.477. The van der Waals surface area contributed by atoms with Crippen LogP contribution in [0.15, 0.2) is 24.7 Å². The zero-order chi connectivity index (χ0) is 12.3. The summed E-state index contributed by atoms with van der Waals surface area (Å²) in [4.78, 5) is 26.7. The number of halogens is 2. The highest BCUT2D eigenvalue weighted by Gasteiger charge is 2.09. The fourth-order valence-corrected chi connectivity index (χ4v) is 1.33. The zero-order valence-electron chi connectivity index (χ0n) is 8.26. The molecule has 1 N–H and O–H groups in total. The van der Waals surface area contributed by atoms with E-state index in [-0.39, 0.29) is 21.9 Å². The highest BCUT2D eigenvalue weighted by molar-refractivity contribution is 6.29. The Hall–Kier alpha value is -1.79. The van der Waals surface area contributed by atoms with Gasteiger partial charge in [0.25, 0.3) is 5.91 Å². The molecular formula is C9H5Cl2N5O. The van der Waals surface area contributed by atoms with Gasteiger partial charge in [-0.15, -0.1) is 0 Å². The molecule has 8 heteroatoms. The third kappa shape index (κ3) is 3.08. The Balaban J connectivity index is 2.17. The van der Waals surface area contributed by atoms with Crippen LogP contribution in [0.2, 0.25) is 10.4 Å². The number of hydrogen-bond donors (Lipinski definition) is 1. The van der Waals surface area contributed by atoms with Crippen LogP contribution in [0.4, 0.5) is 5.82 Å². The van der Waals surface area contributed by atoms with Crippen molar-refractivity contribution >= 4 is 34.9 Å². The summed E-state index contributed by atoms with van der Waals surface area (Å²) in [7, 11) is 0. The Morgan fingerprint density at radius 2 is 2.06 bits per heavy atom. The third-order valence-electron chi connectivity index (χ3n) is 1.71. The van der Waals surface area contributed by atoms with Crippen molar-refractivity contribution in [2.75, 3.05) is 5.32 Å². The number of hydrogen-bond acceptors (Lipinski definition) is 5. The van der Waals surface area contributed by atoms with E-state index in [0.29, 0.717) is 0 Å². The Morgan fingerprint density at radius 1 is 1.24 bits per heavy atom. The van der Waals surface area contributed by atoms with Crippen molar-refractivity contribution in [1.29, 1.82) is 0 Å². The van der Waals surface area contributed by atoms with Gasteiger partial charge in [-0.25, -0.2) is 15.0 Å². The van der Waals surface area contributed by atoms with Crippen LogP contribution in [-0.4, -0.2) is 25.8 Å². The van der Waals surface area contributed by atoms with Gasteiger partial charge in [0, 0.05) is 6.20 Å². The maximum atomic E-state index is 11.7. The molecule has 0 saturated heterocycles. The molecular weight excluding hydrogens is 265 g/mol. The van der Waals surface area contributed by atoms with Gasteiger partial charge in [-0.1, -0.05) is 11.6 Å². The van der Waals surface area contributed by atoms with Crippen LogP contribution in [0, 0.1) is 0 Å². The largest absolute Gasteiger partial charge is 0.305 e. The summed E-state index contributed by atoms with van der Waals surface area (Å²) in [6, 6.07) is 1.50. The highest BCUT2D eigenvalue weighted by Crippen LogP contribution is 2.08. The van der Waals surface area contributed by atoms with Crippen molar-refractivity contribution in [3.8, 4) is 0 Å². The van der Waals surface area contributed by atoms with Crippen LogP contribution >= 0.6 is 23.2 Å². The monoisotopic (exact) mass is 269 g/mol. The predicted octanol–water partition coefficient (Wildman–Crippen LogP) is 1.83. The number of carbonyl (C=O) groups is 1. The first-order valence-corrected chi connectivity index (χ1v) is 5.18. The van der Waals surface area contributed by atoms with Gasteiger partial charge in [0.2, 0.25) is 5.28 Å².